The van der Waals surface area contributed by atoms with Gasteiger partial charge in [0, 0.05) is 6.08 Å². The van der Waals surface area contributed by atoms with Gasteiger partial charge in [-0.1, -0.05) is 25.7 Å². The standard InChI is InChI=1S/C4H6O2.C4H8.CH4/c1-2-3-4(5)6;1-3-4-2;/h2-3H,1H3,(H,5,6);3-4H,1-2H3;1H4/b3-2+;4-3-;. The highest BCUT2D eigenvalue weighted by molar-refractivity contribution is 5.79. The van der Waals surface area contributed by atoms with Crippen molar-refractivity contribution in [3.63, 3.8) is 0 Å². The zero-order valence-corrected chi connectivity index (χ0v) is 6.66. The van der Waals surface area contributed by atoms with Crippen molar-refractivity contribution in [3.05, 3.63) is 24.3 Å². The summed E-state index contributed by atoms with van der Waals surface area (Å²) >= 11 is 0. The molecule has 66 valence electrons. The number of hydrogen-bond donors (Lipinski definition) is 1. The fraction of sp³-hybridized carbons (Fsp3) is 0.444. The fourth-order valence-corrected chi connectivity index (χ4v) is 0.143. The van der Waals surface area contributed by atoms with Crippen molar-refractivity contribution in [2.24, 2.45) is 0 Å². The highest BCUT2D eigenvalue weighted by Gasteiger charge is 1.76. The first-order valence-electron chi connectivity index (χ1n) is 3.12. The van der Waals surface area contributed by atoms with Crippen LogP contribution in [0.2, 0.25) is 0 Å². The van der Waals surface area contributed by atoms with Gasteiger partial charge in [0.25, 0.3) is 0 Å². The number of carboxylic acid groups (broad SMARTS) is 1. The molecule has 0 bridgehead atoms. The van der Waals surface area contributed by atoms with E-state index in [0.29, 0.717) is 0 Å². The minimum Gasteiger partial charge on any atom is -0.478 e. The van der Waals surface area contributed by atoms with E-state index in [1.165, 1.54) is 6.08 Å². The summed E-state index contributed by atoms with van der Waals surface area (Å²) in [6.45, 7) is 5.66. The largest absolute Gasteiger partial charge is 0.478 e. The molecule has 0 rings (SSSR count). The number of allylic oxidation sites excluding steroid dienone is 3. The van der Waals surface area contributed by atoms with Crippen molar-refractivity contribution >= 4 is 5.97 Å². The third-order valence-corrected chi connectivity index (χ3v) is 0.643. The molecule has 0 aromatic rings. The summed E-state index contributed by atoms with van der Waals surface area (Å²) in [5.74, 6) is -0.891. The highest BCUT2D eigenvalue weighted by atomic mass is 16.4. The van der Waals surface area contributed by atoms with Crippen molar-refractivity contribution in [2.45, 2.75) is 28.2 Å². The van der Waals surface area contributed by atoms with E-state index in [9.17, 15) is 4.79 Å². The van der Waals surface area contributed by atoms with Crippen LogP contribution in [0, 0.1) is 0 Å². The first kappa shape index (κ1) is 16.5. The molecule has 0 fully saturated rings. The maximum atomic E-state index is 9.51. The lowest BCUT2D eigenvalue weighted by atomic mass is 10.5. The zero-order valence-electron chi connectivity index (χ0n) is 6.66. The van der Waals surface area contributed by atoms with Crippen LogP contribution in [0.1, 0.15) is 28.2 Å². The van der Waals surface area contributed by atoms with Gasteiger partial charge in [-0.3, -0.25) is 0 Å². The van der Waals surface area contributed by atoms with E-state index in [-0.39, 0.29) is 7.43 Å². The second-order valence-electron chi connectivity index (χ2n) is 1.50. The first-order valence-corrected chi connectivity index (χ1v) is 3.12. The average Bonchev–Trinajstić information content (AvgIpc) is 1.89. The van der Waals surface area contributed by atoms with Gasteiger partial charge in [0.1, 0.15) is 0 Å². The molecule has 11 heavy (non-hydrogen) atoms. The van der Waals surface area contributed by atoms with Gasteiger partial charge >= 0.3 is 5.97 Å². The Labute approximate surface area is 69.2 Å². The maximum absolute atomic E-state index is 9.51. The molecule has 0 atom stereocenters. The molecule has 0 aliphatic heterocycles. The van der Waals surface area contributed by atoms with E-state index in [2.05, 4.69) is 0 Å². The molecule has 0 spiro atoms. The van der Waals surface area contributed by atoms with Gasteiger partial charge in [-0.05, 0) is 20.8 Å². The van der Waals surface area contributed by atoms with Gasteiger partial charge < -0.3 is 5.11 Å². The van der Waals surface area contributed by atoms with Crippen LogP contribution in [0.3, 0.4) is 0 Å². The normalized spacial score (nSPS) is 8.64. The van der Waals surface area contributed by atoms with Gasteiger partial charge in [0.2, 0.25) is 0 Å². The fourth-order valence-electron chi connectivity index (χ4n) is 0.143. The molecule has 0 heterocycles. The molecular weight excluding hydrogens is 140 g/mol. The Kier molecular flexibility index (Phi) is 24.0. The van der Waals surface area contributed by atoms with Crippen molar-refractivity contribution in [1.29, 1.82) is 0 Å². The Bertz CT molecular complexity index is 120. The number of rotatable bonds is 1. The zero-order chi connectivity index (χ0) is 8.41. The van der Waals surface area contributed by atoms with Crippen molar-refractivity contribution in [3.8, 4) is 0 Å². The molecule has 0 aliphatic rings. The molecule has 0 radical (unpaired) electrons. The third-order valence-electron chi connectivity index (χ3n) is 0.643. The molecule has 0 aromatic carbocycles. The lowest BCUT2D eigenvalue weighted by molar-refractivity contribution is -0.131. The monoisotopic (exact) mass is 158 g/mol. The summed E-state index contributed by atoms with van der Waals surface area (Å²) < 4.78 is 0. The molecular formula is C9H18O2. The summed E-state index contributed by atoms with van der Waals surface area (Å²) in [5, 5.41) is 7.83. The van der Waals surface area contributed by atoms with Crippen LogP contribution < -0.4 is 0 Å². The van der Waals surface area contributed by atoms with Crippen LogP contribution in [-0.4, -0.2) is 11.1 Å². The number of carboxylic acids is 1. The predicted octanol–water partition coefficient (Wildman–Crippen LogP) is 2.87. The highest BCUT2D eigenvalue weighted by Crippen LogP contribution is 1.65. The third kappa shape index (κ3) is 49.7. The molecule has 0 aliphatic carbocycles. The second kappa shape index (κ2) is 16.0. The van der Waals surface area contributed by atoms with Gasteiger partial charge in [0.15, 0.2) is 0 Å². The summed E-state index contributed by atoms with van der Waals surface area (Å²) in [5.41, 5.74) is 0. The first-order chi connectivity index (χ1) is 4.68. The molecule has 2 nitrogen and oxygen atoms in total. The topological polar surface area (TPSA) is 37.3 Å². The van der Waals surface area contributed by atoms with E-state index in [1.54, 1.807) is 6.92 Å². The Hall–Kier alpha value is -1.05. The van der Waals surface area contributed by atoms with Crippen LogP contribution in [0.25, 0.3) is 0 Å². The van der Waals surface area contributed by atoms with Gasteiger partial charge in [0.05, 0.1) is 0 Å². The van der Waals surface area contributed by atoms with Crippen LogP contribution >= 0.6 is 0 Å². The summed E-state index contributed by atoms with van der Waals surface area (Å²) in [6, 6.07) is 0. The van der Waals surface area contributed by atoms with Crippen molar-refractivity contribution in [2.75, 3.05) is 0 Å². The molecule has 2 heteroatoms. The maximum Gasteiger partial charge on any atom is 0.327 e. The molecule has 0 saturated carbocycles. The molecule has 0 aromatic heterocycles. The molecule has 0 unspecified atom stereocenters. The SMILES string of the molecule is C.C/C=C/C(=O)O.C/C=C\C. The lowest BCUT2D eigenvalue weighted by Gasteiger charge is -1.68. The summed E-state index contributed by atoms with van der Waals surface area (Å²) in [6.07, 6.45) is 6.56. The molecule has 0 amide bonds. The minimum absolute atomic E-state index is 0. The van der Waals surface area contributed by atoms with E-state index >= 15 is 0 Å². The van der Waals surface area contributed by atoms with Gasteiger partial charge in [-0.15, -0.1) is 0 Å². The lowest BCUT2D eigenvalue weighted by Crippen LogP contribution is -1.83. The minimum atomic E-state index is -0.891. The summed E-state index contributed by atoms with van der Waals surface area (Å²) in [4.78, 5) is 9.51. The smallest absolute Gasteiger partial charge is 0.327 e. The quantitative estimate of drug-likeness (QED) is 0.470. The Morgan fingerprint density at radius 1 is 1.09 bits per heavy atom. The van der Waals surface area contributed by atoms with Crippen molar-refractivity contribution in [1.82, 2.24) is 0 Å². The van der Waals surface area contributed by atoms with Gasteiger partial charge in [-0.25, -0.2) is 4.79 Å². The van der Waals surface area contributed by atoms with E-state index in [1.807, 2.05) is 26.0 Å². The Balaban J connectivity index is -0.000000114. The van der Waals surface area contributed by atoms with Crippen LogP contribution in [0.5, 0.6) is 0 Å². The number of carbonyl (C=O) groups is 1. The van der Waals surface area contributed by atoms with Gasteiger partial charge in [-0.2, -0.15) is 0 Å². The molecule has 1 N–H and O–H groups in total. The van der Waals surface area contributed by atoms with Crippen molar-refractivity contribution < 1.29 is 9.90 Å². The van der Waals surface area contributed by atoms with E-state index < -0.39 is 5.97 Å². The average molecular weight is 158 g/mol. The molecule has 0 saturated heterocycles. The van der Waals surface area contributed by atoms with E-state index in [0.717, 1.165) is 6.08 Å². The van der Waals surface area contributed by atoms with Crippen LogP contribution in [-0.2, 0) is 4.79 Å². The Morgan fingerprint density at radius 2 is 1.45 bits per heavy atom. The predicted molar refractivity (Wildman–Crippen MR) is 49.7 cm³/mol. The Morgan fingerprint density at radius 3 is 1.45 bits per heavy atom. The number of hydrogen-bond acceptors (Lipinski definition) is 1. The van der Waals surface area contributed by atoms with Crippen LogP contribution in [0.15, 0.2) is 24.3 Å². The summed E-state index contributed by atoms with van der Waals surface area (Å²) in [7, 11) is 0. The number of aliphatic carboxylic acids is 1. The van der Waals surface area contributed by atoms with Crippen LogP contribution in [0.4, 0.5) is 0 Å². The van der Waals surface area contributed by atoms with E-state index in [4.69, 9.17) is 5.11 Å². The second-order valence-corrected chi connectivity index (χ2v) is 1.50.